The number of urea groups is 1. The molecule has 0 unspecified atom stereocenters. The Morgan fingerprint density at radius 2 is 2.00 bits per heavy atom. The van der Waals surface area contributed by atoms with Crippen LogP contribution < -0.4 is 5.32 Å². The van der Waals surface area contributed by atoms with E-state index in [1.807, 2.05) is 6.92 Å². The smallest absolute Gasteiger partial charge is 0.324 e. The van der Waals surface area contributed by atoms with Crippen LogP contribution in [-0.4, -0.2) is 67.2 Å². The molecule has 3 aliphatic heterocycles. The van der Waals surface area contributed by atoms with Crippen LogP contribution in [0.4, 0.5) is 4.79 Å². The molecule has 3 amide bonds. The van der Waals surface area contributed by atoms with Gasteiger partial charge in [-0.15, -0.1) is 0 Å². The fraction of sp³-hybridized carbons (Fsp3) is 0.875. The fourth-order valence-corrected chi connectivity index (χ4v) is 4.06. The van der Waals surface area contributed by atoms with Crippen molar-refractivity contribution in [2.45, 2.75) is 38.1 Å². The SMILES string of the molecule is CN1C(=O)N[C@](C)([C@@H]2CCCN(CC3CCOCC3)C2)C1=O. The summed E-state index contributed by atoms with van der Waals surface area (Å²) in [6.45, 7) is 6.72. The number of nitrogens with one attached hydrogen (secondary N) is 1. The van der Waals surface area contributed by atoms with Gasteiger partial charge >= 0.3 is 6.03 Å². The molecule has 3 rings (SSSR count). The highest BCUT2D eigenvalue weighted by atomic mass is 16.5. The van der Waals surface area contributed by atoms with Crippen LogP contribution in [-0.2, 0) is 9.53 Å². The largest absolute Gasteiger partial charge is 0.381 e. The number of ether oxygens (including phenoxy) is 1. The lowest BCUT2D eigenvalue weighted by Crippen LogP contribution is -2.56. The van der Waals surface area contributed by atoms with Crippen molar-refractivity contribution >= 4 is 11.9 Å². The van der Waals surface area contributed by atoms with Gasteiger partial charge in [0.25, 0.3) is 5.91 Å². The molecule has 0 aliphatic carbocycles. The van der Waals surface area contributed by atoms with Gasteiger partial charge in [-0.2, -0.15) is 0 Å². The van der Waals surface area contributed by atoms with E-state index >= 15 is 0 Å². The second-order valence-corrected chi connectivity index (χ2v) is 7.15. The summed E-state index contributed by atoms with van der Waals surface area (Å²) in [6, 6.07) is -0.269. The number of carbonyl (C=O) groups excluding carboxylic acids is 2. The number of carbonyl (C=O) groups is 2. The number of piperidine rings is 1. The zero-order chi connectivity index (χ0) is 15.7. The maximum Gasteiger partial charge on any atom is 0.324 e. The summed E-state index contributed by atoms with van der Waals surface area (Å²) in [7, 11) is 1.56. The molecule has 1 N–H and O–H groups in total. The molecule has 6 heteroatoms. The van der Waals surface area contributed by atoms with Crippen LogP contribution in [0, 0.1) is 11.8 Å². The maximum atomic E-state index is 12.4. The van der Waals surface area contributed by atoms with Crippen LogP contribution in [0.15, 0.2) is 0 Å². The van der Waals surface area contributed by atoms with Gasteiger partial charge in [0.05, 0.1) is 0 Å². The summed E-state index contributed by atoms with van der Waals surface area (Å²) in [5.41, 5.74) is -0.736. The number of nitrogens with zero attached hydrogens (tertiary/aromatic N) is 2. The van der Waals surface area contributed by atoms with Crippen LogP contribution in [0.5, 0.6) is 0 Å². The third-order valence-electron chi connectivity index (χ3n) is 5.60. The van der Waals surface area contributed by atoms with E-state index in [-0.39, 0.29) is 17.9 Å². The summed E-state index contributed by atoms with van der Waals surface area (Å²) in [4.78, 5) is 27.9. The minimum Gasteiger partial charge on any atom is -0.381 e. The third-order valence-corrected chi connectivity index (χ3v) is 5.60. The molecule has 3 fully saturated rings. The highest BCUT2D eigenvalue weighted by Gasteiger charge is 2.51. The Labute approximate surface area is 132 Å². The van der Waals surface area contributed by atoms with Crippen LogP contribution >= 0.6 is 0 Å². The Kier molecular flexibility index (Phi) is 4.41. The summed E-state index contributed by atoms with van der Waals surface area (Å²) < 4.78 is 5.43. The quantitative estimate of drug-likeness (QED) is 0.792. The molecule has 0 aromatic carbocycles. The number of hydrogen-bond donors (Lipinski definition) is 1. The number of likely N-dealkylation sites (N-methyl/N-ethyl adjacent to an activating group) is 1. The summed E-state index contributed by atoms with van der Waals surface area (Å²) >= 11 is 0. The molecule has 0 saturated carbocycles. The van der Waals surface area contributed by atoms with Crippen molar-refractivity contribution in [3.8, 4) is 0 Å². The van der Waals surface area contributed by atoms with Gasteiger partial charge in [-0.1, -0.05) is 0 Å². The Morgan fingerprint density at radius 1 is 1.27 bits per heavy atom. The monoisotopic (exact) mass is 309 g/mol. The molecule has 22 heavy (non-hydrogen) atoms. The minimum atomic E-state index is -0.736. The van der Waals surface area contributed by atoms with E-state index in [2.05, 4.69) is 10.2 Å². The summed E-state index contributed by atoms with van der Waals surface area (Å²) in [6.07, 6.45) is 4.37. The predicted octanol–water partition coefficient (Wildman–Crippen LogP) is 1.07. The van der Waals surface area contributed by atoms with E-state index in [0.29, 0.717) is 5.92 Å². The Hall–Kier alpha value is -1.14. The fourth-order valence-electron chi connectivity index (χ4n) is 4.06. The van der Waals surface area contributed by atoms with Crippen molar-refractivity contribution in [1.29, 1.82) is 0 Å². The minimum absolute atomic E-state index is 0.0876. The van der Waals surface area contributed by atoms with E-state index in [9.17, 15) is 9.59 Å². The van der Waals surface area contributed by atoms with Crippen molar-refractivity contribution in [1.82, 2.24) is 15.1 Å². The average Bonchev–Trinajstić information content (AvgIpc) is 2.73. The lowest BCUT2D eigenvalue weighted by Gasteiger charge is -2.41. The normalized spacial score (nSPS) is 35.0. The van der Waals surface area contributed by atoms with Gasteiger partial charge in [-0.3, -0.25) is 9.69 Å². The maximum absolute atomic E-state index is 12.4. The Balaban J connectivity index is 1.62. The zero-order valence-corrected chi connectivity index (χ0v) is 13.6. The standard InChI is InChI=1S/C16H27N3O3/c1-16(14(20)18(2)15(21)17-16)13-4-3-7-19(11-13)10-12-5-8-22-9-6-12/h12-13H,3-11H2,1-2H3,(H,17,21)/t13-,16-/m1/s1. The van der Waals surface area contributed by atoms with Gasteiger partial charge in [-0.05, 0) is 45.1 Å². The van der Waals surface area contributed by atoms with Crippen LogP contribution in [0.25, 0.3) is 0 Å². The number of imide groups is 1. The highest BCUT2D eigenvalue weighted by Crippen LogP contribution is 2.32. The Bertz CT molecular complexity index is 450. The van der Waals surface area contributed by atoms with Gasteiger partial charge in [0.1, 0.15) is 5.54 Å². The first-order valence-corrected chi connectivity index (χ1v) is 8.41. The first-order chi connectivity index (χ1) is 10.5. The molecule has 0 aromatic rings. The number of amides is 3. The molecule has 6 nitrogen and oxygen atoms in total. The van der Waals surface area contributed by atoms with Crippen LogP contribution in [0.3, 0.4) is 0 Å². The van der Waals surface area contributed by atoms with E-state index < -0.39 is 5.54 Å². The van der Waals surface area contributed by atoms with Crippen molar-refractivity contribution in [3.05, 3.63) is 0 Å². The molecule has 0 radical (unpaired) electrons. The highest BCUT2D eigenvalue weighted by molar-refractivity contribution is 6.06. The predicted molar refractivity (Wildman–Crippen MR) is 82.4 cm³/mol. The van der Waals surface area contributed by atoms with Crippen molar-refractivity contribution in [2.75, 3.05) is 39.9 Å². The van der Waals surface area contributed by atoms with Gasteiger partial charge in [0.2, 0.25) is 0 Å². The molecule has 0 aromatic heterocycles. The van der Waals surface area contributed by atoms with Crippen molar-refractivity contribution in [3.63, 3.8) is 0 Å². The second-order valence-electron chi connectivity index (χ2n) is 7.15. The lowest BCUT2D eigenvalue weighted by atomic mass is 9.79. The third kappa shape index (κ3) is 2.86. The zero-order valence-electron chi connectivity index (χ0n) is 13.6. The number of hydrogen-bond acceptors (Lipinski definition) is 4. The van der Waals surface area contributed by atoms with Gasteiger partial charge in [0.15, 0.2) is 0 Å². The van der Waals surface area contributed by atoms with E-state index in [0.717, 1.165) is 58.5 Å². The topological polar surface area (TPSA) is 61.9 Å². The van der Waals surface area contributed by atoms with E-state index in [4.69, 9.17) is 4.74 Å². The number of likely N-dealkylation sites (tertiary alicyclic amines) is 1. The molecule has 0 spiro atoms. The van der Waals surface area contributed by atoms with Gasteiger partial charge in [-0.25, -0.2) is 4.79 Å². The lowest BCUT2D eigenvalue weighted by molar-refractivity contribution is -0.132. The molecule has 3 saturated heterocycles. The molecule has 124 valence electrons. The van der Waals surface area contributed by atoms with Crippen LogP contribution in [0.1, 0.15) is 32.6 Å². The average molecular weight is 309 g/mol. The number of rotatable bonds is 3. The van der Waals surface area contributed by atoms with E-state index in [1.54, 1.807) is 7.05 Å². The molecular formula is C16H27N3O3. The first kappa shape index (κ1) is 15.7. The van der Waals surface area contributed by atoms with E-state index in [1.165, 1.54) is 4.90 Å². The second kappa shape index (κ2) is 6.16. The molecule has 3 aliphatic rings. The molecular weight excluding hydrogens is 282 g/mol. The molecule has 3 heterocycles. The first-order valence-electron chi connectivity index (χ1n) is 8.41. The summed E-state index contributed by atoms with van der Waals surface area (Å²) in [5.74, 6) is 0.815. The van der Waals surface area contributed by atoms with Crippen molar-refractivity contribution < 1.29 is 14.3 Å². The van der Waals surface area contributed by atoms with Gasteiger partial charge in [0, 0.05) is 39.3 Å². The van der Waals surface area contributed by atoms with Gasteiger partial charge < -0.3 is 15.0 Å². The molecule has 0 bridgehead atoms. The Morgan fingerprint density at radius 3 is 2.64 bits per heavy atom. The molecule has 2 atom stereocenters. The van der Waals surface area contributed by atoms with Crippen molar-refractivity contribution in [2.24, 2.45) is 11.8 Å². The summed E-state index contributed by atoms with van der Waals surface area (Å²) in [5, 5.41) is 2.91. The van der Waals surface area contributed by atoms with Crippen LogP contribution in [0.2, 0.25) is 0 Å².